The summed E-state index contributed by atoms with van der Waals surface area (Å²) in [7, 11) is 0. The van der Waals surface area contributed by atoms with Gasteiger partial charge in [0.15, 0.2) is 5.60 Å². The van der Waals surface area contributed by atoms with Crippen molar-refractivity contribution < 1.29 is 14.6 Å². The van der Waals surface area contributed by atoms with Crippen LogP contribution in [0.3, 0.4) is 0 Å². The summed E-state index contributed by atoms with van der Waals surface area (Å²) < 4.78 is 6.27. The molecule has 2 atom stereocenters. The monoisotopic (exact) mass is 488 g/mol. The van der Waals surface area contributed by atoms with Crippen molar-refractivity contribution in [2.24, 2.45) is 5.73 Å². The van der Waals surface area contributed by atoms with Gasteiger partial charge in [-0.15, -0.1) is 0 Å². The average Bonchev–Trinajstić information content (AvgIpc) is 2.84. The van der Waals surface area contributed by atoms with Crippen LogP contribution in [0.1, 0.15) is 126 Å². The van der Waals surface area contributed by atoms with Crippen molar-refractivity contribution in [1.82, 2.24) is 5.32 Å². The molecule has 1 aliphatic heterocycles. The van der Waals surface area contributed by atoms with Crippen molar-refractivity contribution in [3.05, 3.63) is 22.3 Å². The molecule has 5 nitrogen and oxygen atoms in total. The number of hydrogen-bond donors (Lipinski definition) is 3. The molecule has 0 fully saturated rings. The van der Waals surface area contributed by atoms with E-state index in [4.69, 9.17) is 10.5 Å². The molecule has 0 spiro atoms. The summed E-state index contributed by atoms with van der Waals surface area (Å²) in [6.45, 7) is 10.6. The van der Waals surface area contributed by atoms with Crippen LogP contribution in [-0.2, 0) is 11.2 Å². The van der Waals surface area contributed by atoms with Gasteiger partial charge in [-0.1, -0.05) is 90.4 Å². The van der Waals surface area contributed by atoms with E-state index in [0.717, 1.165) is 35.2 Å². The van der Waals surface area contributed by atoms with Gasteiger partial charge in [0.2, 0.25) is 0 Å². The maximum absolute atomic E-state index is 12.4. The van der Waals surface area contributed by atoms with Crippen molar-refractivity contribution in [2.75, 3.05) is 6.54 Å². The number of hydrogen-bond acceptors (Lipinski definition) is 4. The molecule has 4 N–H and O–H groups in total. The molecule has 2 rings (SSSR count). The van der Waals surface area contributed by atoms with E-state index < -0.39 is 11.5 Å². The van der Waals surface area contributed by atoms with Crippen molar-refractivity contribution >= 4 is 5.91 Å². The highest BCUT2D eigenvalue weighted by Crippen LogP contribution is 2.43. The standard InChI is InChI=1S/C30H52N2O3/c1-6-7-8-9-10-11-12-13-14-15-16-17-18-19-20-32-26-21-25-24(4)27(33)22(2)23(3)28(25)35-30(26,5)29(31)34/h26,32-33H,6-21H2,1-5H3,(H2,31,34)/t26?,30-/m1/s1. The second kappa shape index (κ2) is 14.7. The topological polar surface area (TPSA) is 84.6 Å². The molecule has 1 aromatic rings. The number of amides is 1. The Kier molecular flexibility index (Phi) is 12.4. The Labute approximate surface area is 214 Å². The van der Waals surface area contributed by atoms with E-state index in [1.807, 2.05) is 20.8 Å². The van der Waals surface area contributed by atoms with E-state index >= 15 is 0 Å². The molecule has 0 radical (unpaired) electrons. The first-order valence-electron chi connectivity index (χ1n) is 14.3. The van der Waals surface area contributed by atoms with Crippen LogP contribution in [0.25, 0.3) is 0 Å². The third kappa shape index (κ3) is 8.13. The first-order valence-corrected chi connectivity index (χ1v) is 14.3. The average molecular weight is 489 g/mol. The molecular weight excluding hydrogens is 436 g/mol. The lowest BCUT2D eigenvalue weighted by Gasteiger charge is -2.42. The number of phenolic OH excluding ortho intramolecular Hbond substituents is 1. The Bertz CT molecular complexity index is 808. The molecule has 1 heterocycles. The van der Waals surface area contributed by atoms with Crippen molar-refractivity contribution in [1.29, 1.82) is 0 Å². The van der Waals surface area contributed by atoms with Gasteiger partial charge in [0, 0.05) is 5.56 Å². The second-order valence-corrected chi connectivity index (χ2v) is 10.9. The van der Waals surface area contributed by atoms with E-state index in [9.17, 15) is 9.90 Å². The molecule has 1 unspecified atom stereocenters. The molecule has 0 saturated heterocycles. The minimum absolute atomic E-state index is 0.213. The largest absolute Gasteiger partial charge is 0.507 e. The third-order valence-electron chi connectivity index (χ3n) is 8.14. The van der Waals surface area contributed by atoms with Gasteiger partial charge in [-0.2, -0.15) is 0 Å². The number of nitrogens with two attached hydrogens (primary N) is 1. The van der Waals surface area contributed by atoms with Gasteiger partial charge < -0.3 is 20.9 Å². The number of benzene rings is 1. The summed E-state index contributed by atoms with van der Waals surface area (Å²) in [4.78, 5) is 12.4. The molecule has 0 aliphatic carbocycles. The SMILES string of the molecule is CCCCCCCCCCCCCCCCNC1Cc2c(C)c(O)c(C)c(C)c2O[C@@]1(C)C(N)=O. The van der Waals surface area contributed by atoms with Crippen LogP contribution in [0.5, 0.6) is 11.5 Å². The van der Waals surface area contributed by atoms with E-state index in [1.54, 1.807) is 6.92 Å². The zero-order chi connectivity index (χ0) is 25.8. The van der Waals surface area contributed by atoms with E-state index in [1.165, 1.54) is 83.5 Å². The van der Waals surface area contributed by atoms with Crippen LogP contribution < -0.4 is 15.8 Å². The molecule has 1 aromatic carbocycles. The van der Waals surface area contributed by atoms with Crippen molar-refractivity contribution in [3.63, 3.8) is 0 Å². The van der Waals surface area contributed by atoms with Gasteiger partial charge in [-0.25, -0.2) is 0 Å². The van der Waals surface area contributed by atoms with E-state index in [0.29, 0.717) is 17.9 Å². The number of nitrogens with one attached hydrogen (secondary N) is 1. The van der Waals surface area contributed by atoms with Crippen LogP contribution in [-0.4, -0.2) is 29.2 Å². The van der Waals surface area contributed by atoms with Gasteiger partial charge in [0.1, 0.15) is 11.5 Å². The first kappa shape index (κ1) is 29.5. The second-order valence-electron chi connectivity index (χ2n) is 10.9. The molecule has 1 amide bonds. The molecule has 35 heavy (non-hydrogen) atoms. The van der Waals surface area contributed by atoms with E-state index in [2.05, 4.69) is 12.2 Å². The normalized spacial score (nSPS) is 19.4. The zero-order valence-electron chi connectivity index (χ0n) is 23.2. The number of carbonyl (C=O) groups is 1. The Morgan fingerprint density at radius 2 is 1.37 bits per heavy atom. The van der Waals surface area contributed by atoms with Gasteiger partial charge >= 0.3 is 0 Å². The quantitative estimate of drug-likeness (QED) is 0.207. The number of unbranched alkanes of at least 4 members (excludes halogenated alkanes) is 13. The summed E-state index contributed by atoms with van der Waals surface area (Å²) in [5.74, 6) is 0.566. The summed E-state index contributed by atoms with van der Waals surface area (Å²) in [6.07, 6.45) is 19.4. The Balaban J connectivity index is 1.69. The fourth-order valence-electron chi connectivity index (χ4n) is 5.32. The van der Waals surface area contributed by atoms with Crippen LogP contribution in [0.15, 0.2) is 0 Å². The number of aromatic hydroxyl groups is 1. The highest BCUT2D eigenvalue weighted by atomic mass is 16.5. The Morgan fingerprint density at radius 1 is 0.886 bits per heavy atom. The van der Waals surface area contributed by atoms with Gasteiger partial charge in [0.05, 0.1) is 6.04 Å². The molecule has 5 heteroatoms. The summed E-state index contributed by atoms with van der Waals surface area (Å²) >= 11 is 0. The summed E-state index contributed by atoms with van der Waals surface area (Å²) in [6, 6.07) is -0.213. The van der Waals surface area contributed by atoms with Crippen molar-refractivity contribution in [2.45, 2.75) is 143 Å². The van der Waals surface area contributed by atoms with Crippen LogP contribution in [0, 0.1) is 20.8 Å². The Hall–Kier alpha value is -1.75. The molecule has 1 aliphatic rings. The number of rotatable bonds is 17. The van der Waals surface area contributed by atoms with Crippen LogP contribution in [0.2, 0.25) is 0 Å². The minimum Gasteiger partial charge on any atom is -0.507 e. The lowest BCUT2D eigenvalue weighted by Crippen LogP contribution is -2.63. The molecular formula is C30H52N2O3. The maximum atomic E-state index is 12.4. The summed E-state index contributed by atoms with van der Waals surface area (Å²) in [5, 5.41) is 14.1. The highest BCUT2D eigenvalue weighted by Gasteiger charge is 2.47. The summed E-state index contributed by atoms with van der Waals surface area (Å²) in [5.41, 5.74) is 8.18. The maximum Gasteiger partial charge on any atom is 0.263 e. The van der Waals surface area contributed by atoms with Gasteiger partial charge in [-0.05, 0) is 63.8 Å². The predicted molar refractivity (Wildman–Crippen MR) is 146 cm³/mol. The van der Waals surface area contributed by atoms with Gasteiger partial charge in [-0.3, -0.25) is 4.79 Å². The molecule has 0 saturated carbocycles. The number of carbonyl (C=O) groups excluding carboxylic acids is 1. The van der Waals surface area contributed by atoms with Crippen LogP contribution in [0.4, 0.5) is 0 Å². The fourth-order valence-corrected chi connectivity index (χ4v) is 5.32. The van der Waals surface area contributed by atoms with E-state index in [-0.39, 0.29) is 6.04 Å². The number of fused-ring (bicyclic) bond motifs is 1. The molecule has 0 bridgehead atoms. The Morgan fingerprint density at radius 3 is 1.86 bits per heavy atom. The molecule has 200 valence electrons. The number of ether oxygens (including phenoxy) is 1. The third-order valence-corrected chi connectivity index (χ3v) is 8.14. The van der Waals surface area contributed by atoms with Crippen molar-refractivity contribution in [3.8, 4) is 11.5 Å². The number of primary amides is 1. The number of phenols is 1. The zero-order valence-corrected chi connectivity index (χ0v) is 23.2. The lowest BCUT2D eigenvalue weighted by molar-refractivity contribution is -0.135. The predicted octanol–water partition coefficient (Wildman–Crippen LogP) is 6.94. The first-order chi connectivity index (χ1) is 16.7. The highest BCUT2D eigenvalue weighted by molar-refractivity contribution is 5.85. The smallest absolute Gasteiger partial charge is 0.263 e. The van der Waals surface area contributed by atoms with Gasteiger partial charge in [0.25, 0.3) is 5.91 Å². The van der Waals surface area contributed by atoms with Crippen LogP contribution >= 0.6 is 0 Å². The minimum atomic E-state index is -1.11. The lowest BCUT2D eigenvalue weighted by atomic mass is 9.83. The molecule has 0 aromatic heterocycles. The fraction of sp³-hybridized carbons (Fsp3) is 0.767.